The van der Waals surface area contributed by atoms with Gasteiger partial charge in [0.2, 0.25) is 5.91 Å². The normalized spacial score (nSPS) is 16.2. The van der Waals surface area contributed by atoms with E-state index in [1.807, 2.05) is 55.4 Å². The van der Waals surface area contributed by atoms with E-state index in [9.17, 15) is 19.5 Å². The lowest BCUT2D eigenvalue weighted by Crippen LogP contribution is -2.52. The topological polar surface area (TPSA) is 108 Å². The van der Waals surface area contributed by atoms with E-state index in [-0.39, 0.29) is 12.5 Å². The molecule has 2 aliphatic rings. The Hall–Kier alpha value is -3.39. The Morgan fingerprint density at radius 1 is 0.971 bits per heavy atom. The largest absolute Gasteiger partial charge is 0.480 e. The van der Waals surface area contributed by atoms with Crippen LogP contribution in [0.25, 0.3) is 11.1 Å². The summed E-state index contributed by atoms with van der Waals surface area (Å²) in [7, 11) is 3.74. The highest BCUT2D eigenvalue weighted by Gasteiger charge is 2.33. The second-order valence-corrected chi connectivity index (χ2v) is 9.69. The summed E-state index contributed by atoms with van der Waals surface area (Å²) < 4.78 is 5.59. The molecule has 0 spiro atoms. The van der Waals surface area contributed by atoms with Crippen LogP contribution < -0.4 is 10.6 Å². The van der Waals surface area contributed by atoms with Crippen molar-refractivity contribution in [2.75, 3.05) is 27.2 Å². The molecule has 2 atom stereocenters. The van der Waals surface area contributed by atoms with Crippen molar-refractivity contribution in [3.8, 4) is 11.1 Å². The molecule has 0 radical (unpaired) electrons. The van der Waals surface area contributed by atoms with Gasteiger partial charge in [-0.1, -0.05) is 61.4 Å². The fourth-order valence-corrected chi connectivity index (χ4v) is 4.62. The average Bonchev–Trinajstić information content (AvgIpc) is 3.60. The molecule has 1 saturated carbocycles. The first-order chi connectivity index (χ1) is 16.8. The first-order valence-electron chi connectivity index (χ1n) is 12.1. The first-order valence-corrected chi connectivity index (χ1v) is 12.1. The lowest BCUT2D eigenvalue weighted by molar-refractivity contribution is -0.142. The lowest BCUT2D eigenvalue weighted by Gasteiger charge is -2.23. The molecule has 186 valence electrons. The van der Waals surface area contributed by atoms with Gasteiger partial charge < -0.3 is 25.4 Å². The number of benzene rings is 2. The number of hydrogen-bond donors (Lipinski definition) is 3. The highest BCUT2D eigenvalue weighted by Crippen LogP contribution is 2.44. The molecular weight excluding hydrogens is 446 g/mol. The third kappa shape index (κ3) is 6.19. The van der Waals surface area contributed by atoms with Crippen LogP contribution in [0.3, 0.4) is 0 Å². The van der Waals surface area contributed by atoms with Crippen LogP contribution in [0.5, 0.6) is 0 Å². The molecule has 3 N–H and O–H groups in total. The molecule has 0 aromatic heterocycles. The summed E-state index contributed by atoms with van der Waals surface area (Å²) in [4.78, 5) is 39.2. The molecule has 2 unspecified atom stereocenters. The Labute approximate surface area is 205 Å². The third-order valence-corrected chi connectivity index (χ3v) is 6.70. The van der Waals surface area contributed by atoms with Crippen LogP contribution in [-0.2, 0) is 14.3 Å². The molecule has 1 fully saturated rings. The van der Waals surface area contributed by atoms with Crippen LogP contribution in [0, 0.1) is 5.92 Å². The van der Waals surface area contributed by atoms with Gasteiger partial charge in [-0.05, 0) is 61.7 Å². The summed E-state index contributed by atoms with van der Waals surface area (Å²) in [6.07, 6.45) is 2.02. The zero-order chi connectivity index (χ0) is 24.9. The molecule has 4 rings (SSSR count). The van der Waals surface area contributed by atoms with E-state index in [0.29, 0.717) is 25.3 Å². The van der Waals surface area contributed by atoms with Crippen molar-refractivity contribution in [1.29, 1.82) is 0 Å². The van der Waals surface area contributed by atoms with E-state index < -0.39 is 30.1 Å². The highest BCUT2D eigenvalue weighted by molar-refractivity contribution is 5.89. The molecule has 2 aromatic rings. The number of aliphatic carboxylic acids is 1. The first kappa shape index (κ1) is 24.7. The van der Waals surface area contributed by atoms with Crippen LogP contribution >= 0.6 is 0 Å². The quantitative estimate of drug-likeness (QED) is 0.457. The molecular formula is C27H33N3O5. The van der Waals surface area contributed by atoms with Gasteiger partial charge in [0.15, 0.2) is 0 Å². The molecule has 2 amide bonds. The molecule has 0 saturated heterocycles. The second kappa shape index (κ2) is 10.9. The van der Waals surface area contributed by atoms with Crippen LogP contribution in [0.15, 0.2) is 48.5 Å². The smallest absolute Gasteiger partial charge is 0.407 e. The van der Waals surface area contributed by atoms with Crippen molar-refractivity contribution < 1.29 is 24.2 Å². The van der Waals surface area contributed by atoms with Crippen molar-refractivity contribution >= 4 is 18.0 Å². The SMILES string of the molecule is CN(C)CCC(NC(=O)OCC1c2ccccc2-c2ccccc21)C(=O)NC(CC1CC1)C(=O)O. The Balaban J connectivity index is 1.39. The number of hydrogen-bond acceptors (Lipinski definition) is 5. The fraction of sp³-hybridized carbons (Fsp3) is 0.444. The summed E-state index contributed by atoms with van der Waals surface area (Å²) in [6.45, 7) is 0.684. The van der Waals surface area contributed by atoms with Crippen molar-refractivity contribution in [3.05, 3.63) is 59.7 Å². The molecule has 35 heavy (non-hydrogen) atoms. The van der Waals surface area contributed by atoms with Crippen LogP contribution in [0.2, 0.25) is 0 Å². The Morgan fingerprint density at radius 2 is 1.57 bits per heavy atom. The zero-order valence-corrected chi connectivity index (χ0v) is 20.2. The average molecular weight is 480 g/mol. The Kier molecular flexibility index (Phi) is 7.70. The summed E-state index contributed by atoms with van der Waals surface area (Å²) in [5.41, 5.74) is 4.48. The molecule has 0 aliphatic heterocycles. The van der Waals surface area contributed by atoms with Gasteiger partial charge in [-0.15, -0.1) is 0 Å². The van der Waals surface area contributed by atoms with E-state index in [1.165, 1.54) is 0 Å². The number of carboxylic acids is 1. The minimum atomic E-state index is -1.06. The number of rotatable bonds is 11. The predicted molar refractivity (Wildman–Crippen MR) is 132 cm³/mol. The number of carboxylic acid groups (broad SMARTS) is 1. The Morgan fingerprint density at radius 3 is 2.11 bits per heavy atom. The van der Waals surface area contributed by atoms with Crippen molar-refractivity contribution in [3.63, 3.8) is 0 Å². The third-order valence-electron chi connectivity index (χ3n) is 6.70. The second-order valence-electron chi connectivity index (χ2n) is 9.69. The maximum Gasteiger partial charge on any atom is 0.407 e. The maximum absolute atomic E-state index is 12.9. The minimum Gasteiger partial charge on any atom is -0.480 e. The van der Waals surface area contributed by atoms with Gasteiger partial charge >= 0.3 is 12.1 Å². The van der Waals surface area contributed by atoms with Crippen molar-refractivity contribution in [1.82, 2.24) is 15.5 Å². The van der Waals surface area contributed by atoms with Gasteiger partial charge in [0, 0.05) is 5.92 Å². The molecule has 2 aliphatic carbocycles. The summed E-state index contributed by atoms with van der Waals surface area (Å²) in [5.74, 6) is -1.31. The van der Waals surface area contributed by atoms with Gasteiger partial charge in [-0.3, -0.25) is 4.79 Å². The maximum atomic E-state index is 12.9. The van der Waals surface area contributed by atoms with E-state index in [2.05, 4.69) is 22.8 Å². The summed E-state index contributed by atoms with van der Waals surface area (Å²) >= 11 is 0. The number of carbonyl (C=O) groups excluding carboxylic acids is 2. The van der Waals surface area contributed by atoms with E-state index in [4.69, 9.17) is 4.74 Å². The monoisotopic (exact) mass is 479 g/mol. The number of alkyl carbamates (subject to hydrolysis) is 1. The van der Waals surface area contributed by atoms with Crippen LogP contribution in [-0.4, -0.2) is 67.3 Å². The number of nitrogens with one attached hydrogen (secondary N) is 2. The van der Waals surface area contributed by atoms with Gasteiger partial charge in [0.1, 0.15) is 18.7 Å². The van der Waals surface area contributed by atoms with E-state index >= 15 is 0 Å². The van der Waals surface area contributed by atoms with Gasteiger partial charge in [-0.2, -0.15) is 0 Å². The fourth-order valence-electron chi connectivity index (χ4n) is 4.62. The zero-order valence-electron chi connectivity index (χ0n) is 20.2. The molecule has 0 bridgehead atoms. The van der Waals surface area contributed by atoms with E-state index in [1.54, 1.807) is 0 Å². The predicted octanol–water partition coefficient (Wildman–Crippen LogP) is 3.21. The van der Waals surface area contributed by atoms with Crippen molar-refractivity contribution in [2.45, 2.75) is 43.7 Å². The standard InChI is InChI=1S/C27H33N3O5/c1-30(2)14-13-23(25(31)28-24(26(32)33)15-17-11-12-17)29-27(34)35-16-22-20-9-5-3-7-18(20)19-8-4-6-10-21(19)22/h3-10,17,22-24H,11-16H2,1-2H3,(H,28,31)(H,29,34)(H,32,33). The number of amides is 2. The van der Waals surface area contributed by atoms with Gasteiger partial charge in [0.25, 0.3) is 0 Å². The van der Waals surface area contributed by atoms with E-state index in [0.717, 1.165) is 35.1 Å². The van der Waals surface area contributed by atoms with Crippen molar-refractivity contribution in [2.24, 2.45) is 5.92 Å². The number of ether oxygens (including phenoxy) is 1. The molecule has 2 aromatic carbocycles. The minimum absolute atomic E-state index is 0.0860. The van der Waals surface area contributed by atoms with Gasteiger partial charge in [0.05, 0.1) is 0 Å². The number of fused-ring (bicyclic) bond motifs is 3. The number of nitrogens with zero attached hydrogens (tertiary/aromatic N) is 1. The highest BCUT2D eigenvalue weighted by atomic mass is 16.5. The Bertz CT molecular complexity index is 1040. The molecule has 0 heterocycles. The van der Waals surface area contributed by atoms with Gasteiger partial charge in [-0.25, -0.2) is 9.59 Å². The molecule has 8 nitrogen and oxygen atoms in total. The lowest BCUT2D eigenvalue weighted by atomic mass is 9.98. The summed E-state index contributed by atoms with van der Waals surface area (Å²) in [5, 5.41) is 14.8. The number of carbonyl (C=O) groups is 3. The van der Waals surface area contributed by atoms with Crippen LogP contribution in [0.4, 0.5) is 4.79 Å². The summed E-state index contributed by atoms with van der Waals surface area (Å²) in [6, 6.07) is 14.3. The molecule has 8 heteroatoms. The van der Waals surface area contributed by atoms with Crippen LogP contribution in [0.1, 0.15) is 42.7 Å².